The van der Waals surface area contributed by atoms with Gasteiger partial charge in [0.15, 0.2) is 6.29 Å². The van der Waals surface area contributed by atoms with Crippen molar-refractivity contribution in [1.29, 1.82) is 0 Å². The molecular weight excluding hydrogens is 674 g/mol. The van der Waals surface area contributed by atoms with E-state index >= 15 is 0 Å². The van der Waals surface area contributed by atoms with Gasteiger partial charge in [0.25, 0.3) is 5.91 Å². The van der Waals surface area contributed by atoms with Crippen LogP contribution in [0.3, 0.4) is 0 Å². The number of aliphatic hydroxyl groups is 1. The van der Waals surface area contributed by atoms with Crippen molar-refractivity contribution in [3.05, 3.63) is 59.7 Å². The third kappa shape index (κ3) is 11.4. The van der Waals surface area contributed by atoms with Gasteiger partial charge in [0.05, 0.1) is 51.2 Å². The van der Waals surface area contributed by atoms with E-state index in [-0.39, 0.29) is 32.0 Å². The van der Waals surface area contributed by atoms with Gasteiger partial charge in [-0.3, -0.25) is 20.2 Å². The van der Waals surface area contributed by atoms with Gasteiger partial charge >= 0.3 is 12.2 Å². The van der Waals surface area contributed by atoms with Crippen LogP contribution in [0.1, 0.15) is 38.3 Å². The molecule has 16 heteroatoms. The Labute approximate surface area is 304 Å². The summed E-state index contributed by atoms with van der Waals surface area (Å²) in [6, 6.07) is 12.8. The summed E-state index contributed by atoms with van der Waals surface area (Å²) in [7, 11) is 4.55. The Bertz CT molecular complexity index is 1520. The van der Waals surface area contributed by atoms with E-state index in [4.69, 9.17) is 23.7 Å². The second-order valence-corrected chi connectivity index (χ2v) is 13.7. The van der Waals surface area contributed by atoms with Crippen molar-refractivity contribution in [2.24, 2.45) is 21.4 Å². The molecule has 2 aliphatic rings. The number of carbonyl (C=O) groups is 3. The zero-order valence-corrected chi connectivity index (χ0v) is 30.6. The summed E-state index contributed by atoms with van der Waals surface area (Å²) in [5, 5.41) is 24.6. The van der Waals surface area contributed by atoms with Crippen LogP contribution in [0.5, 0.6) is 5.75 Å². The number of methoxy groups -OCH3 is 2. The molecular formula is C36H51N7O9. The summed E-state index contributed by atoms with van der Waals surface area (Å²) < 4.78 is 27.0. The van der Waals surface area contributed by atoms with Crippen molar-refractivity contribution in [1.82, 2.24) is 21.1 Å². The molecule has 2 aromatic rings. The topological polar surface area (TPSA) is 185 Å². The largest absolute Gasteiger partial charge is 0.497 e. The Kier molecular flexibility index (Phi) is 14.3. The molecule has 2 saturated heterocycles. The molecule has 4 N–H and O–H groups in total. The molecule has 6 atom stereocenters. The summed E-state index contributed by atoms with van der Waals surface area (Å²) in [4.78, 5) is 42.9. The first-order chi connectivity index (χ1) is 24.8. The standard InChI is InChI=1S/C36H51N7O9/c1-36(2,3)31(40-34(46)49-7)32(45)41-43(19-24-8-12-25(13-9-24)42(5)38-22-37-4)20-29(44)28(18-23-10-14-26(48-6)15-11-23)39-35(47)52-30-21-51-33-27(30)16-17-50-33/h8-15,22,27-31,33,44H,4,16-21H2,1-3,5-7H3,(H,39,47)(H,40,46)(H,41,45)/b38-22-/t27-,28-,29-,30-,31?,33+/m0/s1. The second kappa shape index (κ2) is 18.6. The quantitative estimate of drug-likeness (QED) is 0.113. The zero-order valence-electron chi connectivity index (χ0n) is 30.6. The summed E-state index contributed by atoms with van der Waals surface area (Å²) in [5.74, 6) is 0.0702. The number of rotatable bonds is 16. The number of anilines is 1. The number of nitrogens with zero attached hydrogens (tertiary/aromatic N) is 4. The molecule has 1 unspecified atom stereocenters. The predicted octanol–water partition coefficient (Wildman–Crippen LogP) is 2.84. The van der Waals surface area contributed by atoms with E-state index in [2.05, 4.69) is 32.9 Å². The van der Waals surface area contributed by atoms with E-state index in [9.17, 15) is 19.5 Å². The lowest BCUT2D eigenvalue weighted by atomic mass is 9.86. The molecule has 0 radical (unpaired) electrons. The highest BCUT2D eigenvalue weighted by Gasteiger charge is 2.44. The maximum atomic E-state index is 13.8. The maximum Gasteiger partial charge on any atom is 0.407 e. The van der Waals surface area contributed by atoms with Gasteiger partial charge in [-0.25, -0.2) is 14.6 Å². The third-order valence-electron chi connectivity index (χ3n) is 8.87. The van der Waals surface area contributed by atoms with E-state index in [1.54, 1.807) is 36.3 Å². The average molecular weight is 726 g/mol. The van der Waals surface area contributed by atoms with Crippen molar-refractivity contribution in [2.45, 2.75) is 70.7 Å². The van der Waals surface area contributed by atoms with Gasteiger partial charge in [-0.15, -0.1) is 0 Å². The van der Waals surface area contributed by atoms with Crippen molar-refractivity contribution in [3.63, 3.8) is 0 Å². The van der Waals surface area contributed by atoms with E-state index < -0.39 is 54.1 Å². The number of hydrazine groups is 1. The number of hydrogen-bond donors (Lipinski definition) is 4. The summed E-state index contributed by atoms with van der Waals surface area (Å²) in [6.07, 6.45) is -1.30. The van der Waals surface area contributed by atoms with Gasteiger partial charge in [-0.2, -0.15) is 5.10 Å². The number of alkyl carbamates (subject to hydrolysis) is 2. The number of hydrogen-bond acceptors (Lipinski definition) is 12. The molecule has 2 aromatic carbocycles. The number of aliphatic imine (C=N–C) groups is 1. The van der Waals surface area contributed by atoms with Crippen molar-refractivity contribution < 1.29 is 43.2 Å². The van der Waals surface area contributed by atoms with E-state index in [1.165, 1.54) is 13.4 Å². The van der Waals surface area contributed by atoms with Crippen LogP contribution in [0, 0.1) is 11.3 Å². The zero-order chi connectivity index (χ0) is 37.8. The number of ether oxygens (including phenoxy) is 5. The molecule has 0 bridgehead atoms. The van der Waals surface area contributed by atoms with Gasteiger partial charge in [0.2, 0.25) is 0 Å². The fourth-order valence-corrected chi connectivity index (χ4v) is 5.96. The molecule has 4 rings (SSSR count). The van der Waals surface area contributed by atoms with Gasteiger partial charge in [0, 0.05) is 20.1 Å². The van der Waals surface area contributed by atoms with Crippen LogP contribution in [0.15, 0.2) is 58.6 Å². The van der Waals surface area contributed by atoms with Gasteiger partial charge < -0.3 is 39.4 Å². The number of nitrogens with one attached hydrogen (secondary N) is 3. The number of fused-ring (bicyclic) bond motifs is 1. The van der Waals surface area contributed by atoms with Crippen LogP contribution in [0.2, 0.25) is 0 Å². The maximum absolute atomic E-state index is 13.8. The van der Waals surface area contributed by atoms with Crippen molar-refractivity contribution in [2.75, 3.05) is 46.0 Å². The molecule has 284 valence electrons. The molecule has 2 fully saturated rings. The van der Waals surface area contributed by atoms with E-state index in [0.717, 1.165) is 16.8 Å². The molecule has 2 aliphatic heterocycles. The van der Waals surface area contributed by atoms with Crippen LogP contribution in [-0.4, -0.2) is 113 Å². The van der Waals surface area contributed by atoms with Gasteiger partial charge in [-0.1, -0.05) is 45.0 Å². The Morgan fingerprint density at radius 2 is 1.73 bits per heavy atom. The summed E-state index contributed by atoms with van der Waals surface area (Å²) in [6.45, 7) is 9.60. The van der Waals surface area contributed by atoms with Crippen LogP contribution in [-0.2, 0) is 36.7 Å². The number of hydrazone groups is 1. The molecule has 0 spiro atoms. The van der Waals surface area contributed by atoms with Crippen LogP contribution >= 0.6 is 0 Å². The number of amides is 3. The lowest BCUT2D eigenvalue weighted by Gasteiger charge is -2.34. The van der Waals surface area contributed by atoms with Crippen molar-refractivity contribution >= 4 is 36.8 Å². The first kappa shape index (κ1) is 40.0. The lowest BCUT2D eigenvalue weighted by Crippen LogP contribution is -2.59. The summed E-state index contributed by atoms with van der Waals surface area (Å²) in [5.41, 5.74) is 4.57. The van der Waals surface area contributed by atoms with Gasteiger partial charge in [-0.05, 0) is 60.4 Å². The van der Waals surface area contributed by atoms with Crippen LogP contribution in [0.4, 0.5) is 15.3 Å². The van der Waals surface area contributed by atoms with Crippen LogP contribution in [0.25, 0.3) is 0 Å². The molecule has 0 saturated carbocycles. The molecule has 16 nitrogen and oxygen atoms in total. The normalized spacial score (nSPS) is 20.0. The van der Waals surface area contributed by atoms with Crippen LogP contribution < -0.4 is 25.8 Å². The fourth-order valence-electron chi connectivity index (χ4n) is 5.96. The minimum absolute atomic E-state index is 0.0626. The third-order valence-corrected chi connectivity index (χ3v) is 8.87. The summed E-state index contributed by atoms with van der Waals surface area (Å²) >= 11 is 0. The lowest BCUT2D eigenvalue weighted by molar-refractivity contribution is -0.131. The smallest absolute Gasteiger partial charge is 0.407 e. The monoisotopic (exact) mass is 725 g/mol. The Morgan fingerprint density at radius 1 is 1.04 bits per heavy atom. The molecule has 0 aliphatic carbocycles. The number of carbonyl (C=O) groups excluding carboxylic acids is 3. The Balaban J connectivity index is 1.57. The highest BCUT2D eigenvalue weighted by Crippen LogP contribution is 2.33. The molecule has 52 heavy (non-hydrogen) atoms. The second-order valence-electron chi connectivity index (χ2n) is 13.7. The molecule has 3 amide bonds. The highest BCUT2D eigenvalue weighted by molar-refractivity contribution is 5.86. The number of benzene rings is 2. The Morgan fingerprint density at radius 3 is 2.37 bits per heavy atom. The first-order valence-electron chi connectivity index (χ1n) is 17.0. The highest BCUT2D eigenvalue weighted by atomic mass is 16.7. The first-order valence-corrected chi connectivity index (χ1v) is 17.0. The molecule has 0 aromatic heterocycles. The SMILES string of the molecule is C=N/C=N\N(C)c1ccc(CN(C[C@H](O)[C@H](Cc2ccc(OC)cc2)NC(=O)O[C@H]2CO[C@H]3OCC[C@H]32)NC(=O)C(NC(=O)OC)C(C)(C)C)cc1. The van der Waals surface area contributed by atoms with E-state index in [0.29, 0.717) is 18.8 Å². The predicted molar refractivity (Wildman–Crippen MR) is 194 cm³/mol. The Hall–Kier alpha value is -4.77. The average Bonchev–Trinajstić information content (AvgIpc) is 3.74. The minimum Gasteiger partial charge on any atom is -0.497 e. The fraction of sp³-hybridized carbons (Fsp3) is 0.528. The van der Waals surface area contributed by atoms with E-state index in [1.807, 2.05) is 57.2 Å². The van der Waals surface area contributed by atoms with Gasteiger partial charge in [0.1, 0.15) is 24.2 Å². The number of aliphatic hydroxyl groups excluding tert-OH is 1. The van der Waals surface area contributed by atoms with Crippen molar-refractivity contribution in [3.8, 4) is 5.75 Å². The minimum atomic E-state index is -1.22. The molecule has 2 heterocycles.